The highest BCUT2D eigenvalue weighted by atomic mass is 16.5. The molecular formula is C19H18N2O4. The van der Waals surface area contributed by atoms with Gasteiger partial charge in [0.25, 0.3) is 0 Å². The Hall–Kier alpha value is -3.28. The van der Waals surface area contributed by atoms with Crippen molar-refractivity contribution in [2.75, 3.05) is 19.5 Å². The van der Waals surface area contributed by atoms with Crippen LogP contribution in [0.1, 0.15) is 15.9 Å². The second-order valence-corrected chi connectivity index (χ2v) is 5.52. The number of fused-ring (bicyclic) bond motifs is 1. The van der Waals surface area contributed by atoms with Crippen molar-refractivity contribution in [3.63, 3.8) is 0 Å². The molecule has 0 saturated heterocycles. The van der Waals surface area contributed by atoms with Crippen LogP contribution in [0.3, 0.4) is 0 Å². The second kappa shape index (κ2) is 7.09. The zero-order chi connectivity index (χ0) is 17.8. The minimum Gasteiger partial charge on any atom is -0.497 e. The molecule has 1 amide bonds. The van der Waals surface area contributed by atoms with E-state index in [1.807, 2.05) is 24.4 Å². The van der Waals surface area contributed by atoms with Crippen LogP contribution in [0.2, 0.25) is 0 Å². The maximum absolute atomic E-state index is 12.3. The maximum Gasteiger partial charge on any atom is 0.337 e. The number of carbonyl (C=O) groups is 2. The molecule has 2 N–H and O–H groups in total. The Kier molecular flexibility index (Phi) is 4.70. The van der Waals surface area contributed by atoms with Gasteiger partial charge in [0.1, 0.15) is 5.75 Å². The van der Waals surface area contributed by atoms with Gasteiger partial charge in [-0.2, -0.15) is 0 Å². The van der Waals surface area contributed by atoms with Gasteiger partial charge in [0.15, 0.2) is 0 Å². The summed E-state index contributed by atoms with van der Waals surface area (Å²) in [5, 5.41) is 3.78. The number of rotatable bonds is 5. The van der Waals surface area contributed by atoms with E-state index in [1.54, 1.807) is 31.4 Å². The Bertz CT molecular complexity index is 913. The smallest absolute Gasteiger partial charge is 0.337 e. The summed E-state index contributed by atoms with van der Waals surface area (Å²) in [4.78, 5) is 26.9. The van der Waals surface area contributed by atoms with Crippen LogP contribution in [0, 0.1) is 0 Å². The highest BCUT2D eigenvalue weighted by Gasteiger charge is 2.11. The van der Waals surface area contributed by atoms with Gasteiger partial charge in [-0.05, 0) is 48.0 Å². The van der Waals surface area contributed by atoms with Crippen LogP contribution in [0.15, 0.2) is 48.7 Å². The number of ether oxygens (including phenoxy) is 2. The first-order chi connectivity index (χ1) is 12.1. The van der Waals surface area contributed by atoms with Crippen molar-refractivity contribution >= 4 is 28.5 Å². The van der Waals surface area contributed by atoms with Gasteiger partial charge in [-0.25, -0.2) is 4.79 Å². The maximum atomic E-state index is 12.3. The number of aromatic amines is 1. The first kappa shape index (κ1) is 16.6. The molecule has 0 aliphatic heterocycles. The number of aromatic nitrogens is 1. The summed E-state index contributed by atoms with van der Waals surface area (Å²) in [6, 6.07) is 12.2. The summed E-state index contributed by atoms with van der Waals surface area (Å²) in [5.41, 5.74) is 2.89. The minimum atomic E-state index is -0.411. The van der Waals surface area contributed by atoms with Crippen LogP contribution in [0.25, 0.3) is 10.9 Å². The molecule has 2 aromatic carbocycles. The fourth-order valence-corrected chi connectivity index (χ4v) is 2.62. The number of amides is 1. The van der Waals surface area contributed by atoms with E-state index in [0.29, 0.717) is 11.3 Å². The van der Waals surface area contributed by atoms with E-state index in [2.05, 4.69) is 15.0 Å². The van der Waals surface area contributed by atoms with Crippen LogP contribution in [0.4, 0.5) is 5.69 Å². The zero-order valence-electron chi connectivity index (χ0n) is 14.0. The summed E-state index contributed by atoms with van der Waals surface area (Å²) < 4.78 is 9.88. The predicted molar refractivity (Wildman–Crippen MR) is 95.0 cm³/mol. The van der Waals surface area contributed by atoms with Crippen molar-refractivity contribution in [2.45, 2.75) is 6.42 Å². The number of esters is 1. The zero-order valence-corrected chi connectivity index (χ0v) is 14.0. The summed E-state index contributed by atoms with van der Waals surface area (Å²) in [6.07, 6.45) is 2.05. The number of benzene rings is 2. The van der Waals surface area contributed by atoms with Gasteiger partial charge in [-0.15, -0.1) is 0 Å². The lowest BCUT2D eigenvalue weighted by Crippen LogP contribution is -2.14. The van der Waals surface area contributed by atoms with E-state index in [0.717, 1.165) is 22.2 Å². The molecule has 1 aromatic heterocycles. The Balaban J connectivity index is 1.71. The molecule has 0 unspecified atom stereocenters. The first-order valence-corrected chi connectivity index (χ1v) is 7.73. The standard InChI is InChI=1S/C19H18N2O4/c1-24-15-7-8-17-16(10-15)13(11-20-17)9-18(22)21-14-5-3-12(4-6-14)19(23)25-2/h3-8,10-11,20H,9H2,1-2H3,(H,21,22). The third-order valence-electron chi connectivity index (χ3n) is 3.92. The number of carbonyl (C=O) groups excluding carboxylic acids is 2. The van der Waals surface area contributed by atoms with Gasteiger partial charge < -0.3 is 19.8 Å². The van der Waals surface area contributed by atoms with Gasteiger partial charge in [0, 0.05) is 22.8 Å². The summed E-state index contributed by atoms with van der Waals surface area (Å²) in [5.74, 6) is 0.187. The number of H-pyrrole nitrogens is 1. The van der Waals surface area contributed by atoms with E-state index >= 15 is 0 Å². The number of methoxy groups -OCH3 is 2. The fourth-order valence-electron chi connectivity index (χ4n) is 2.62. The van der Waals surface area contributed by atoms with Crippen molar-refractivity contribution in [3.05, 3.63) is 59.8 Å². The van der Waals surface area contributed by atoms with Gasteiger partial charge in [0.05, 0.1) is 26.2 Å². The van der Waals surface area contributed by atoms with Crippen molar-refractivity contribution in [1.82, 2.24) is 4.98 Å². The summed E-state index contributed by atoms with van der Waals surface area (Å²) >= 11 is 0. The molecule has 3 aromatic rings. The van der Waals surface area contributed by atoms with E-state index in [1.165, 1.54) is 7.11 Å². The molecule has 0 aliphatic rings. The Morgan fingerprint density at radius 1 is 1.08 bits per heavy atom. The molecule has 25 heavy (non-hydrogen) atoms. The molecule has 128 valence electrons. The molecule has 0 atom stereocenters. The van der Waals surface area contributed by atoms with Crippen LogP contribution in [-0.2, 0) is 16.0 Å². The topological polar surface area (TPSA) is 80.4 Å². The monoisotopic (exact) mass is 338 g/mol. The molecule has 0 saturated carbocycles. The number of hydrogen-bond acceptors (Lipinski definition) is 4. The van der Waals surface area contributed by atoms with Crippen LogP contribution < -0.4 is 10.1 Å². The largest absolute Gasteiger partial charge is 0.497 e. The SMILES string of the molecule is COC(=O)c1ccc(NC(=O)Cc2c[nH]c3ccc(OC)cc23)cc1. The van der Waals surface area contributed by atoms with Crippen molar-refractivity contribution < 1.29 is 19.1 Å². The van der Waals surface area contributed by atoms with E-state index in [9.17, 15) is 9.59 Å². The molecule has 6 heteroatoms. The number of nitrogens with one attached hydrogen (secondary N) is 2. The third kappa shape index (κ3) is 3.63. The van der Waals surface area contributed by atoms with Crippen molar-refractivity contribution in [3.8, 4) is 5.75 Å². The molecular weight excluding hydrogens is 320 g/mol. The molecule has 0 bridgehead atoms. The molecule has 6 nitrogen and oxygen atoms in total. The van der Waals surface area contributed by atoms with Crippen LogP contribution in [0.5, 0.6) is 5.75 Å². The second-order valence-electron chi connectivity index (χ2n) is 5.52. The number of anilines is 1. The summed E-state index contributed by atoms with van der Waals surface area (Å²) in [7, 11) is 2.94. The highest BCUT2D eigenvalue weighted by Crippen LogP contribution is 2.24. The third-order valence-corrected chi connectivity index (χ3v) is 3.92. The lowest BCUT2D eigenvalue weighted by atomic mass is 10.1. The lowest BCUT2D eigenvalue weighted by molar-refractivity contribution is -0.115. The predicted octanol–water partition coefficient (Wildman–Crippen LogP) is 3.14. The van der Waals surface area contributed by atoms with Crippen LogP contribution >= 0.6 is 0 Å². The molecule has 3 rings (SSSR count). The molecule has 0 spiro atoms. The van der Waals surface area contributed by atoms with Gasteiger partial charge >= 0.3 is 5.97 Å². The first-order valence-electron chi connectivity index (χ1n) is 7.73. The average molecular weight is 338 g/mol. The average Bonchev–Trinajstić information content (AvgIpc) is 3.03. The Morgan fingerprint density at radius 3 is 2.52 bits per heavy atom. The molecule has 0 fully saturated rings. The van der Waals surface area contributed by atoms with Crippen molar-refractivity contribution in [1.29, 1.82) is 0 Å². The van der Waals surface area contributed by atoms with E-state index in [4.69, 9.17) is 4.74 Å². The normalized spacial score (nSPS) is 10.5. The lowest BCUT2D eigenvalue weighted by Gasteiger charge is -2.06. The van der Waals surface area contributed by atoms with Gasteiger partial charge in [0.2, 0.25) is 5.91 Å². The van der Waals surface area contributed by atoms with Crippen LogP contribution in [-0.4, -0.2) is 31.1 Å². The molecule has 1 heterocycles. The summed E-state index contributed by atoms with van der Waals surface area (Å²) in [6.45, 7) is 0. The van der Waals surface area contributed by atoms with Crippen molar-refractivity contribution in [2.24, 2.45) is 0 Å². The van der Waals surface area contributed by atoms with Gasteiger partial charge in [-0.3, -0.25) is 4.79 Å². The van der Waals surface area contributed by atoms with E-state index in [-0.39, 0.29) is 12.3 Å². The number of hydrogen-bond donors (Lipinski definition) is 2. The Labute approximate surface area is 144 Å². The molecule has 0 aliphatic carbocycles. The highest BCUT2D eigenvalue weighted by molar-refractivity contribution is 5.96. The molecule has 0 radical (unpaired) electrons. The fraction of sp³-hybridized carbons (Fsp3) is 0.158. The minimum absolute atomic E-state index is 0.144. The Morgan fingerprint density at radius 2 is 1.84 bits per heavy atom. The quantitative estimate of drug-likeness (QED) is 0.700. The van der Waals surface area contributed by atoms with Gasteiger partial charge in [-0.1, -0.05) is 0 Å². The van der Waals surface area contributed by atoms with E-state index < -0.39 is 5.97 Å².